The quantitative estimate of drug-likeness (QED) is 0.346. The van der Waals surface area contributed by atoms with Gasteiger partial charge in [0.15, 0.2) is 0 Å². The van der Waals surface area contributed by atoms with Gasteiger partial charge in [-0.2, -0.15) is 0 Å². The van der Waals surface area contributed by atoms with Gasteiger partial charge in [0.2, 0.25) is 11.9 Å². The zero-order valence-corrected chi connectivity index (χ0v) is 20.1. The predicted molar refractivity (Wildman–Crippen MR) is 139 cm³/mol. The van der Waals surface area contributed by atoms with E-state index in [0.29, 0.717) is 34.5 Å². The molecule has 36 heavy (non-hydrogen) atoms. The van der Waals surface area contributed by atoms with Gasteiger partial charge in [-0.05, 0) is 60.2 Å². The molecule has 8 nitrogen and oxygen atoms in total. The van der Waals surface area contributed by atoms with E-state index in [1.165, 1.54) is 0 Å². The minimum atomic E-state index is -0.175. The number of anilines is 3. The van der Waals surface area contributed by atoms with Crippen LogP contribution in [0, 0.1) is 0 Å². The van der Waals surface area contributed by atoms with Crippen molar-refractivity contribution in [3.63, 3.8) is 0 Å². The number of hydrogen-bond donors (Lipinski definition) is 3. The Labute approximate surface area is 212 Å². The van der Waals surface area contributed by atoms with Gasteiger partial charge >= 0.3 is 0 Å². The number of rotatable bonds is 6. The van der Waals surface area contributed by atoms with Crippen LogP contribution >= 0.6 is 11.6 Å². The first-order chi connectivity index (χ1) is 17.5. The second-order valence-electron chi connectivity index (χ2n) is 8.22. The molecule has 0 radical (unpaired) electrons. The van der Waals surface area contributed by atoms with Crippen molar-refractivity contribution in [2.45, 2.75) is 13.0 Å². The van der Waals surface area contributed by atoms with Gasteiger partial charge in [0.05, 0.1) is 24.9 Å². The molecular weight excluding hydrogens is 478 g/mol. The number of amides is 2. The molecule has 0 aliphatic carbocycles. The molecule has 0 fully saturated rings. The predicted octanol–water partition coefficient (Wildman–Crippen LogP) is 4.97. The normalized spacial score (nSPS) is 12.0. The maximum absolute atomic E-state index is 12.5. The molecule has 1 aliphatic heterocycles. The van der Waals surface area contributed by atoms with E-state index in [1.54, 1.807) is 49.7 Å². The van der Waals surface area contributed by atoms with E-state index in [4.69, 9.17) is 16.3 Å². The van der Waals surface area contributed by atoms with Crippen LogP contribution in [0.5, 0.6) is 5.75 Å². The van der Waals surface area contributed by atoms with Gasteiger partial charge in [0.25, 0.3) is 5.91 Å². The minimum Gasteiger partial charge on any atom is -0.497 e. The van der Waals surface area contributed by atoms with E-state index in [2.05, 4.69) is 25.9 Å². The van der Waals surface area contributed by atoms with Crippen LogP contribution in [0.3, 0.4) is 0 Å². The van der Waals surface area contributed by atoms with Gasteiger partial charge in [-0.15, -0.1) is 0 Å². The standard InChI is InChI=1S/C27H22ClN5O3/c1-36-21-9-2-16(3-10-21)14-29-26(35)17-4-7-20(8-5-17)31-27-30-15-18-12-24(34)32-23-13-19(28)6-11-22(23)25(18)33-27/h2-11,13,15H,12,14H2,1H3,(H,29,35)(H,32,34)(H,30,31,33). The number of nitrogens with zero attached hydrogens (tertiary/aromatic N) is 2. The Hall–Kier alpha value is -4.43. The number of benzene rings is 3. The zero-order chi connectivity index (χ0) is 25.1. The lowest BCUT2D eigenvalue weighted by atomic mass is 10.1. The van der Waals surface area contributed by atoms with Crippen molar-refractivity contribution in [2.75, 3.05) is 17.7 Å². The molecule has 180 valence electrons. The van der Waals surface area contributed by atoms with Crippen LogP contribution in [0.25, 0.3) is 11.3 Å². The van der Waals surface area contributed by atoms with Crippen LogP contribution in [0.1, 0.15) is 21.5 Å². The Kier molecular flexibility index (Phi) is 6.51. The number of methoxy groups -OCH3 is 1. The molecule has 2 heterocycles. The molecule has 9 heteroatoms. The van der Waals surface area contributed by atoms with Crippen molar-refractivity contribution < 1.29 is 14.3 Å². The van der Waals surface area contributed by atoms with E-state index in [9.17, 15) is 9.59 Å². The van der Waals surface area contributed by atoms with Gasteiger partial charge in [-0.1, -0.05) is 23.7 Å². The molecule has 0 saturated heterocycles. The maximum Gasteiger partial charge on any atom is 0.251 e. The van der Waals surface area contributed by atoms with Crippen LogP contribution in [0.15, 0.2) is 72.9 Å². The topological polar surface area (TPSA) is 105 Å². The highest BCUT2D eigenvalue weighted by atomic mass is 35.5. The zero-order valence-electron chi connectivity index (χ0n) is 19.3. The summed E-state index contributed by atoms with van der Waals surface area (Å²) in [5, 5.41) is 9.47. The summed E-state index contributed by atoms with van der Waals surface area (Å²) in [6.45, 7) is 0.413. The number of ether oxygens (including phenoxy) is 1. The van der Waals surface area contributed by atoms with E-state index in [1.807, 2.05) is 30.3 Å². The number of halogens is 1. The summed E-state index contributed by atoms with van der Waals surface area (Å²) in [6, 6.07) is 19.9. The van der Waals surface area contributed by atoms with Gasteiger partial charge < -0.3 is 20.7 Å². The van der Waals surface area contributed by atoms with E-state index >= 15 is 0 Å². The summed E-state index contributed by atoms with van der Waals surface area (Å²) in [5.41, 5.74) is 5.00. The lowest BCUT2D eigenvalue weighted by Gasteiger charge is -2.11. The third kappa shape index (κ3) is 5.13. The van der Waals surface area contributed by atoms with Crippen LogP contribution in [0.2, 0.25) is 5.02 Å². The highest BCUT2D eigenvalue weighted by Gasteiger charge is 2.21. The first kappa shape index (κ1) is 23.3. The van der Waals surface area contributed by atoms with Crippen molar-refractivity contribution in [2.24, 2.45) is 0 Å². The fraction of sp³-hybridized carbons (Fsp3) is 0.111. The molecule has 1 aromatic heterocycles. The van der Waals surface area contributed by atoms with Crippen molar-refractivity contribution in [3.05, 3.63) is 94.6 Å². The molecule has 3 aromatic carbocycles. The summed E-state index contributed by atoms with van der Waals surface area (Å²) < 4.78 is 5.15. The number of hydrogen-bond acceptors (Lipinski definition) is 6. The van der Waals surface area contributed by atoms with E-state index < -0.39 is 0 Å². The van der Waals surface area contributed by atoms with Gasteiger partial charge in [-0.25, -0.2) is 9.97 Å². The highest BCUT2D eigenvalue weighted by molar-refractivity contribution is 6.31. The number of aromatic nitrogens is 2. The van der Waals surface area contributed by atoms with Gasteiger partial charge in [0, 0.05) is 40.1 Å². The Balaban J connectivity index is 1.28. The van der Waals surface area contributed by atoms with Gasteiger partial charge in [-0.3, -0.25) is 9.59 Å². The maximum atomic E-state index is 12.5. The van der Waals surface area contributed by atoms with E-state index in [-0.39, 0.29) is 18.2 Å². The summed E-state index contributed by atoms with van der Waals surface area (Å²) in [5.74, 6) is 0.819. The Morgan fingerprint density at radius 1 is 1.08 bits per heavy atom. The number of nitrogens with one attached hydrogen (secondary N) is 3. The Morgan fingerprint density at radius 3 is 2.61 bits per heavy atom. The van der Waals surface area contributed by atoms with Crippen LogP contribution in [-0.2, 0) is 17.8 Å². The van der Waals surface area contributed by atoms with Crippen LogP contribution in [0.4, 0.5) is 17.3 Å². The van der Waals surface area contributed by atoms with Crippen molar-refractivity contribution in [1.29, 1.82) is 0 Å². The third-order valence-corrected chi connectivity index (χ3v) is 5.98. The second-order valence-corrected chi connectivity index (χ2v) is 8.65. The van der Waals surface area contributed by atoms with Gasteiger partial charge in [0.1, 0.15) is 5.75 Å². The summed E-state index contributed by atoms with van der Waals surface area (Å²) in [4.78, 5) is 33.9. The third-order valence-electron chi connectivity index (χ3n) is 5.74. The molecule has 0 unspecified atom stereocenters. The number of carbonyl (C=O) groups excluding carboxylic acids is 2. The smallest absolute Gasteiger partial charge is 0.251 e. The number of fused-ring (bicyclic) bond motifs is 3. The first-order valence-electron chi connectivity index (χ1n) is 11.2. The molecule has 1 aliphatic rings. The van der Waals surface area contributed by atoms with Crippen molar-refractivity contribution >= 4 is 40.7 Å². The van der Waals surface area contributed by atoms with Crippen molar-refractivity contribution in [3.8, 4) is 17.0 Å². The fourth-order valence-electron chi connectivity index (χ4n) is 3.89. The van der Waals surface area contributed by atoms with Crippen LogP contribution < -0.4 is 20.7 Å². The second kappa shape index (κ2) is 10.1. The Morgan fingerprint density at radius 2 is 1.86 bits per heavy atom. The van der Waals surface area contributed by atoms with E-state index in [0.717, 1.165) is 28.1 Å². The lowest BCUT2D eigenvalue weighted by molar-refractivity contribution is -0.115. The molecule has 4 aromatic rings. The molecule has 5 rings (SSSR count). The first-order valence-corrected chi connectivity index (χ1v) is 11.6. The fourth-order valence-corrected chi connectivity index (χ4v) is 4.06. The summed E-state index contributed by atoms with van der Waals surface area (Å²) >= 11 is 6.11. The average molecular weight is 500 g/mol. The molecule has 3 N–H and O–H groups in total. The summed E-state index contributed by atoms with van der Waals surface area (Å²) in [6.07, 6.45) is 1.82. The minimum absolute atomic E-state index is 0.151. The molecule has 0 bridgehead atoms. The monoisotopic (exact) mass is 499 g/mol. The lowest BCUT2D eigenvalue weighted by Crippen LogP contribution is -2.22. The summed E-state index contributed by atoms with van der Waals surface area (Å²) in [7, 11) is 1.61. The van der Waals surface area contributed by atoms with Crippen molar-refractivity contribution in [1.82, 2.24) is 15.3 Å². The largest absolute Gasteiger partial charge is 0.497 e. The molecule has 0 spiro atoms. The average Bonchev–Trinajstić information content (AvgIpc) is 3.02. The molecule has 0 atom stereocenters. The number of carbonyl (C=O) groups is 2. The SMILES string of the molecule is COc1ccc(CNC(=O)c2ccc(Nc3ncc4c(n3)-c3ccc(Cl)cc3NC(=O)C4)cc2)cc1. The molecule has 2 amide bonds. The highest BCUT2D eigenvalue weighted by Crippen LogP contribution is 2.34. The molecule has 0 saturated carbocycles. The molecular formula is C27H22ClN5O3. The van der Waals surface area contributed by atoms with Crippen LogP contribution in [-0.4, -0.2) is 28.9 Å². The Bertz CT molecular complexity index is 1440.